The fourth-order valence-electron chi connectivity index (χ4n) is 3.78. The molecule has 0 saturated heterocycles. The van der Waals surface area contributed by atoms with Crippen LogP contribution in [-0.4, -0.2) is 43.8 Å². The third-order valence-electron chi connectivity index (χ3n) is 5.50. The first-order valence-corrected chi connectivity index (χ1v) is 10.7. The molecule has 5 rings (SSSR count). The van der Waals surface area contributed by atoms with Gasteiger partial charge in [-0.3, -0.25) is 9.67 Å². The third kappa shape index (κ3) is 4.33. The van der Waals surface area contributed by atoms with E-state index >= 15 is 4.39 Å². The molecule has 2 aromatic carbocycles. The number of halogens is 3. The van der Waals surface area contributed by atoms with Crippen molar-refractivity contribution < 1.29 is 17.9 Å². The standard InChI is InChI=1S/C24H20F3N7O/c1-34-11-14(10-32-34)13-7-18-21(19(8-13)35-20(9-28)23(26)27)24(31-12-30-18)33-17-5-4-16-15(22(17)25)3-2-6-29-16/h2-8,10-12,20,23H,9,28H2,1H3,(H,30,31,33). The molecule has 0 spiro atoms. The van der Waals surface area contributed by atoms with Crippen LogP contribution in [0, 0.1) is 5.82 Å². The van der Waals surface area contributed by atoms with Crippen LogP contribution in [0.3, 0.4) is 0 Å². The lowest BCUT2D eigenvalue weighted by Gasteiger charge is -2.20. The summed E-state index contributed by atoms with van der Waals surface area (Å²) in [5.74, 6) is -0.248. The minimum atomic E-state index is -2.82. The van der Waals surface area contributed by atoms with Crippen LogP contribution in [0.1, 0.15) is 0 Å². The van der Waals surface area contributed by atoms with Gasteiger partial charge in [-0.25, -0.2) is 23.1 Å². The summed E-state index contributed by atoms with van der Waals surface area (Å²) in [4.78, 5) is 12.7. The van der Waals surface area contributed by atoms with E-state index in [4.69, 9.17) is 10.5 Å². The summed E-state index contributed by atoms with van der Waals surface area (Å²) in [7, 11) is 1.76. The van der Waals surface area contributed by atoms with Crippen LogP contribution >= 0.6 is 0 Å². The summed E-state index contributed by atoms with van der Waals surface area (Å²) in [5.41, 5.74) is 7.96. The van der Waals surface area contributed by atoms with Crippen molar-refractivity contribution in [2.45, 2.75) is 12.5 Å². The topological polar surface area (TPSA) is 104 Å². The zero-order valence-corrected chi connectivity index (χ0v) is 18.5. The Labute approximate surface area is 197 Å². The lowest BCUT2D eigenvalue weighted by Crippen LogP contribution is -2.33. The summed E-state index contributed by atoms with van der Waals surface area (Å²) in [5, 5.41) is 7.76. The molecule has 35 heavy (non-hydrogen) atoms. The van der Waals surface area contributed by atoms with Gasteiger partial charge in [-0.2, -0.15) is 5.10 Å². The lowest BCUT2D eigenvalue weighted by atomic mass is 10.1. The fourth-order valence-corrected chi connectivity index (χ4v) is 3.78. The number of pyridine rings is 1. The van der Waals surface area contributed by atoms with Gasteiger partial charge in [0.25, 0.3) is 6.43 Å². The smallest absolute Gasteiger partial charge is 0.276 e. The van der Waals surface area contributed by atoms with E-state index in [1.807, 2.05) is 0 Å². The molecule has 8 nitrogen and oxygen atoms in total. The van der Waals surface area contributed by atoms with Gasteiger partial charge in [0.1, 0.15) is 17.9 Å². The number of nitrogens with one attached hydrogen (secondary N) is 1. The molecule has 0 saturated carbocycles. The van der Waals surface area contributed by atoms with Crippen LogP contribution in [0.4, 0.5) is 24.7 Å². The highest BCUT2D eigenvalue weighted by Gasteiger charge is 2.24. The Bertz CT molecular complexity index is 1520. The predicted molar refractivity (Wildman–Crippen MR) is 126 cm³/mol. The summed E-state index contributed by atoms with van der Waals surface area (Å²) >= 11 is 0. The average molecular weight is 479 g/mol. The Kier molecular flexibility index (Phi) is 5.91. The maximum absolute atomic E-state index is 15.2. The zero-order valence-electron chi connectivity index (χ0n) is 18.5. The second kappa shape index (κ2) is 9.18. The number of aromatic nitrogens is 5. The molecule has 0 bridgehead atoms. The van der Waals surface area contributed by atoms with Gasteiger partial charge >= 0.3 is 0 Å². The van der Waals surface area contributed by atoms with Crippen LogP contribution in [0.2, 0.25) is 0 Å². The Morgan fingerprint density at radius 2 is 1.94 bits per heavy atom. The van der Waals surface area contributed by atoms with E-state index in [1.165, 1.54) is 12.4 Å². The summed E-state index contributed by atoms with van der Waals surface area (Å²) in [6, 6.07) is 9.81. The van der Waals surface area contributed by atoms with Crippen molar-refractivity contribution in [1.29, 1.82) is 0 Å². The number of nitrogens with zero attached hydrogens (tertiary/aromatic N) is 5. The van der Waals surface area contributed by atoms with E-state index < -0.39 is 24.9 Å². The van der Waals surface area contributed by atoms with Gasteiger partial charge in [-0.05, 0) is 42.0 Å². The van der Waals surface area contributed by atoms with Crippen LogP contribution < -0.4 is 15.8 Å². The highest BCUT2D eigenvalue weighted by atomic mass is 19.3. The highest BCUT2D eigenvalue weighted by Crippen LogP contribution is 2.37. The van der Waals surface area contributed by atoms with Crippen LogP contribution in [0.5, 0.6) is 5.75 Å². The van der Waals surface area contributed by atoms with Crippen LogP contribution in [0.15, 0.2) is 61.3 Å². The van der Waals surface area contributed by atoms with Crippen molar-refractivity contribution in [2.75, 3.05) is 11.9 Å². The Morgan fingerprint density at radius 3 is 2.69 bits per heavy atom. The molecule has 0 aliphatic heterocycles. The van der Waals surface area contributed by atoms with E-state index in [-0.39, 0.29) is 17.3 Å². The second-order valence-electron chi connectivity index (χ2n) is 7.84. The van der Waals surface area contributed by atoms with Crippen molar-refractivity contribution in [3.63, 3.8) is 0 Å². The molecule has 11 heteroatoms. The zero-order chi connectivity index (χ0) is 24.5. The van der Waals surface area contributed by atoms with Crippen LogP contribution in [-0.2, 0) is 7.05 Å². The Morgan fingerprint density at radius 1 is 1.09 bits per heavy atom. The van der Waals surface area contributed by atoms with E-state index in [0.717, 1.165) is 5.56 Å². The summed E-state index contributed by atoms with van der Waals surface area (Å²) in [6.45, 7) is -0.404. The quantitative estimate of drug-likeness (QED) is 0.356. The number of hydrogen-bond acceptors (Lipinski definition) is 7. The Hall–Kier alpha value is -4.25. The molecule has 0 aliphatic rings. The second-order valence-corrected chi connectivity index (χ2v) is 7.84. The van der Waals surface area contributed by atoms with Gasteiger partial charge in [0.15, 0.2) is 11.9 Å². The largest absolute Gasteiger partial charge is 0.482 e. The minimum absolute atomic E-state index is 0.0862. The first kappa shape index (κ1) is 22.5. The predicted octanol–water partition coefficient (Wildman–Crippen LogP) is 4.43. The van der Waals surface area contributed by atoms with Crippen molar-refractivity contribution in [3.8, 4) is 16.9 Å². The Balaban J connectivity index is 1.66. The number of alkyl halides is 2. The van der Waals surface area contributed by atoms with Crippen molar-refractivity contribution in [1.82, 2.24) is 24.7 Å². The first-order valence-electron chi connectivity index (χ1n) is 10.7. The molecular formula is C24H20F3N7O. The van der Waals surface area contributed by atoms with Gasteiger partial charge < -0.3 is 15.8 Å². The number of rotatable bonds is 7. The molecule has 0 radical (unpaired) electrons. The number of hydrogen-bond donors (Lipinski definition) is 2. The molecule has 3 heterocycles. The molecule has 5 aromatic rings. The average Bonchev–Trinajstić information content (AvgIpc) is 3.30. The minimum Gasteiger partial charge on any atom is -0.482 e. The molecule has 0 aliphatic carbocycles. The third-order valence-corrected chi connectivity index (χ3v) is 5.50. The van der Waals surface area contributed by atoms with E-state index in [9.17, 15) is 8.78 Å². The lowest BCUT2D eigenvalue weighted by molar-refractivity contribution is 0.0179. The van der Waals surface area contributed by atoms with Gasteiger partial charge in [0, 0.05) is 36.9 Å². The molecule has 3 aromatic heterocycles. The number of ether oxygens (including phenoxy) is 1. The molecule has 1 unspecified atom stereocenters. The molecule has 1 atom stereocenters. The van der Waals surface area contributed by atoms with E-state index in [1.54, 1.807) is 60.7 Å². The van der Waals surface area contributed by atoms with Gasteiger partial charge in [-0.15, -0.1) is 0 Å². The van der Waals surface area contributed by atoms with E-state index in [0.29, 0.717) is 27.4 Å². The number of fused-ring (bicyclic) bond motifs is 2. The van der Waals surface area contributed by atoms with E-state index in [2.05, 4.69) is 25.4 Å². The number of anilines is 2. The fraction of sp³-hybridized carbons (Fsp3) is 0.167. The SMILES string of the molecule is Cn1cc(-c2cc(OC(CN)C(F)F)c3c(Nc4ccc5ncccc5c4F)ncnc3c2)cn1. The molecule has 0 fully saturated rings. The molecule has 3 N–H and O–H groups in total. The summed E-state index contributed by atoms with van der Waals surface area (Å²) < 4.78 is 49.6. The number of aryl methyl sites for hydroxylation is 1. The summed E-state index contributed by atoms with van der Waals surface area (Å²) in [6.07, 6.45) is 1.92. The maximum atomic E-state index is 15.2. The molecular weight excluding hydrogens is 459 g/mol. The molecule has 178 valence electrons. The highest BCUT2D eigenvalue weighted by molar-refractivity contribution is 5.99. The normalized spacial score (nSPS) is 12.4. The number of benzene rings is 2. The van der Waals surface area contributed by atoms with Crippen molar-refractivity contribution >= 4 is 33.3 Å². The number of nitrogens with two attached hydrogens (primary N) is 1. The van der Waals surface area contributed by atoms with Crippen molar-refractivity contribution in [3.05, 3.63) is 67.1 Å². The van der Waals surface area contributed by atoms with Crippen LogP contribution in [0.25, 0.3) is 32.9 Å². The van der Waals surface area contributed by atoms with Gasteiger partial charge in [0.2, 0.25) is 0 Å². The monoisotopic (exact) mass is 479 g/mol. The maximum Gasteiger partial charge on any atom is 0.276 e. The van der Waals surface area contributed by atoms with Gasteiger partial charge in [-0.1, -0.05) is 0 Å². The van der Waals surface area contributed by atoms with Gasteiger partial charge in [0.05, 0.1) is 28.3 Å². The molecule has 0 amide bonds. The van der Waals surface area contributed by atoms with Crippen molar-refractivity contribution in [2.24, 2.45) is 12.8 Å². The first-order chi connectivity index (χ1) is 16.9.